The molecule has 8 heavy (non-hydrogen) atoms. The number of imidazole rings is 1. The van der Waals surface area contributed by atoms with Crippen molar-refractivity contribution in [3.8, 4) is 0 Å². The molecule has 0 unspecified atom stereocenters. The number of aromatic nitrogens is 2. The molecule has 0 radical (unpaired) electrons. The lowest BCUT2D eigenvalue weighted by molar-refractivity contribution is 0.872. The molecule has 1 aromatic heterocycles. The number of rotatable bonds is 0. The standard InChI is InChI=1S/C3H4N3O2/c7-6(8)3-4-1-2-5-3/h1-2,4-5H/q-1. The van der Waals surface area contributed by atoms with Crippen molar-refractivity contribution in [1.29, 1.82) is 0 Å². The minimum absolute atomic E-state index is 0.0926. The summed E-state index contributed by atoms with van der Waals surface area (Å²) in [5.74, 6) is 0. The van der Waals surface area contributed by atoms with Crippen molar-refractivity contribution in [2.75, 3.05) is 0 Å². The number of H-pyrrole nitrogens is 2. The lowest BCUT2D eigenvalue weighted by Crippen LogP contribution is -2.21. The monoisotopic (exact) mass is 114 g/mol. The van der Waals surface area contributed by atoms with E-state index in [2.05, 4.69) is 9.97 Å². The second-order valence-electron chi connectivity index (χ2n) is 1.23. The summed E-state index contributed by atoms with van der Waals surface area (Å²) >= 11 is 0. The van der Waals surface area contributed by atoms with E-state index in [0.717, 1.165) is 0 Å². The van der Waals surface area contributed by atoms with Gasteiger partial charge in [-0.15, -0.1) is 0 Å². The molecule has 5 nitrogen and oxygen atoms in total. The predicted molar refractivity (Wildman–Crippen MR) is 27.1 cm³/mol. The first-order valence-corrected chi connectivity index (χ1v) is 2.00. The normalized spacial score (nSPS) is 9.00. The highest BCUT2D eigenvalue weighted by Crippen LogP contribution is 1.57. The zero-order valence-electron chi connectivity index (χ0n) is 3.92. The van der Waals surface area contributed by atoms with Gasteiger partial charge in [-0.2, -0.15) is 0 Å². The molecule has 0 spiro atoms. The first-order chi connectivity index (χ1) is 3.80. The third-order valence-electron chi connectivity index (χ3n) is 0.706. The fourth-order valence-corrected chi connectivity index (χ4v) is 0.388. The summed E-state index contributed by atoms with van der Waals surface area (Å²) in [6.45, 7) is 0. The van der Waals surface area contributed by atoms with Crippen molar-refractivity contribution in [2.24, 2.45) is 0 Å². The number of hydrogen-bond donors (Lipinski definition) is 2. The molecule has 0 aliphatic rings. The van der Waals surface area contributed by atoms with E-state index in [1.54, 1.807) is 0 Å². The van der Waals surface area contributed by atoms with E-state index in [4.69, 9.17) is 0 Å². The molecule has 0 amide bonds. The molecule has 0 atom stereocenters. The fraction of sp³-hybridized carbons (Fsp3) is 0. The molecule has 0 aromatic carbocycles. The summed E-state index contributed by atoms with van der Waals surface area (Å²) in [5, 5.41) is 19.6. The van der Waals surface area contributed by atoms with E-state index in [0.29, 0.717) is 0 Å². The van der Waals surface area contributed by atoms with E-state index in [1.807, 2.05) is 0 Å². The second kappa shape index (κ2) is 1.61. The molecule has 0 bridgehead atoms. The van der Waals surface area contributed by atoms with Gasteiger partial charge in [0.1, 0.15) is 0 Å². The Balaban J connectivity index is 3.28. The topological polar surface area (TPSA) is 80.7 Å². The maximum atomic E-state index is 9.81. The van der Waals surface area contributed by atoms with Gasteiger partial charge in [0.2, 0.25) is 0 Å². The van der Waals surface area contributed by atoms with E-state index < -0.39 is 4.90 Å². The van der Waals surface area contributed by atoms with Gasteiger partial charge in [0, 0.05) is 0 Å². The molecule has 1 aromatic rings. The highest BCUT2D eigenvalue weighted by atomic mass is 16.8. The van der Waals surface area contributed by atoms with E-state index >= 15 is 0 Å². The highest BCUT2D eigenvalue weighted by Gasteiger charge is 1.79. The Kier molecular flexibility index (Phi) is 0.957. The van der Waals surface area contributed by atoms with Crippen molar-refractivity contribution >= 4 is 0 Å². The van der Waals surface area contributed by atoms with Gasteiger partial charge in [0.05, 0.1) is 12.4 Å². The van der Waals surface area contributed by atoms with Crippen LogP contribution in [0.5, 0.6) is 0 Å². The number of hydrogen-bond acceptors (Lipinski definition) is 2. The van der Waals surface area contributed by atoms with Gasteiger partial charge in [-0.1, -0.05) is 0 Å². The molecule has 44 valence electrons. The number of nitrogens with one attached hydrogen (secondary N) is 2. The third kappa shape index (κ3) is 0.651. The van der Waals surface area contributed by atoms with Crippen LogP contribution in [0, 0.1) is 10.4 Å². The minimum Gasteiger partial charge on any atom is -0.744 e. The summed E-state index contributed by atoms with van der Waals surface area (Å²) in [7, 11) is 0. The zero-order chi connectivity index (χ0) is 5.98. The van der Waals surface area contributed by atoms with Crippen LogP contribution in [0.25, 0.3) is 0 Å². The minimum atomic E-state index is -0.528. The molecule has 0 aliphatic carbocycles. The Bertz CT molecular complexity index is 202. The van der Waals surface area contributed by atoms with Crippen LogP contribution in [0.2, 0.25) is 0 Å². The molecule has 0 fully saturated rings. The van der Waals surface area contributed by atoms with Crippen molar-refractivity contribution in [3.63, 3.8) is 0 Å². The molecule has 0 aliphatic heterocycles. The summed E-state index contributed by atoms with van der Waals surface area (Å²) < 4.78 is 0. The smallest absolute Gasteiger partial charge is 0.355 e. The Hall–Kier alpha value is -1.39. The SMILES string of the molecule is [O-][N+]([O-])=c1[nH]cc[nH]1. The van der Waals surface area contributed by atoms with Gasteiger partial charge in [-0.05, 0) is 0 Å². The molecule has 1 heterocycles. The van der Waals surface area contributed by atoms with Gasteiger partial charge in [-0.3, -0.25) is 4.90 Å². The fourth-order valence-electron chi connectivity index (χ4n) is 0.388. The average Bonchev–Trinajstić information content (AvgIpc) is 2.12. The quantitative estimate of drug-likeness (QED) is 0.429. The Morgan fingerprint density at radius 3 is 2.00 bits per heavy atom. The summed E-state index contributed by atoms with van der Waals surface area (Å²) in [5.41, 5.74) is -0.0926. The zero-order valence-corrected chi connectivity index (χ0v) is 3.92. The molecular formula is C3H4N3O2-. The molecular weight excluding hydrogens is 110 g/mol. The van der Waals surface area contributed by atoms with E-state index in [9.17, 15) is 10.4 Å². The molecule has 0 saturated heterocycles. The molecule has 2 N–H and O–H groups in total. The summed E-state index contributed by atoms with van der Waals surface area (Å²) in [6, 6.07) is 0. The molecule has 5 heteroatoms. The van der Waals surface area contributed by atoms with E-state index in [-0.39, 0.29) is 5.62 Å². The summed E-state index contributed by atoms with van der Waals surface area (Å²) in [4.78, 5) is 4.24. The lowest BCUT2D eigenvalue weighted by atomic mass is 11.0. The second-order valence-corrected chi connectivity index (χ2v) is 1.23. The van der Waals surface area contributed by atoms with Crippen LogP contribution in [0.4, 0.5) is 0 Å². The Morgan fingerprint density at radius 1 is 1.25 bits per heavy atom. The maximum Gasteiger partial charge on any atom is 0.355 e. The van der Waals surface area contributed by atoms with Gasteiger partial charge < -0.3 is 10.4 Å². The predicted octanol–water partition coefficient (Wildman–Crippen LogP) is -0.889. The van der Waals surface area contributed by atoms with Gasteiger partial charge >= 0.3 is 5.62 Å². The van der Waals surface area contributed by atoms with Crippen molar-refractivity contribution in [1.82, 2.24) is 14.9 Å². The van der Waals surface area contributed by atoms with Gasteiger partial charge in [0.15, 0.2) is 0 Å². The van der Waals surface area contributed by atoms with Crippen LogP contribution in [0.3, 0.4) is 0 Å². The first kappa shape index (κ1) is 4.76. The third-order valence-corrected chi connectivity index (χ3v) is 0.706. The van der Waals surface area contributed by atoms with E-state index in [1.165, 1.54) is 12.4 Å². The van der Waals surface area contributed by atoms with Crippen molar-refractivity contribution < 1.29 is 0 Å². The maximum absolute atomic E-state index is 9.81. The van der Waals surface area contributed by atoms with Crippen LogP contribution < -0.4 is 10.5 Å². The van der Waals surface area contributed by atoms with Crippen LogP contribution in [0.1, 0.15) is 0 Å². The number of nitrogens with zero attached hydrogens (tertiary/aromatic N) is 1. The van der Waals surface area contributed by atoms with Crippen LogP contribution >= 0.6 is 0 Å². The van der Waals surface area contributed by atoms with Gasteiger partial charge in [-0.25, -0.2) is 9.97 Å². The number of aromatic amines is 2. The van der Waals surface area contributed by atoms with Gasteiger partial charge in [0.25, 0.3) is 0 Å². The summed E-state index contributed by atoms with van der Waals surface area (Å²) in [6.07, 6.45) is 2.91. The van der Waals surface area contributed by atoms with Crippen LogP contribution in [-0.4, -0.2) is 9.97 Å². The van der Waals surface area contributed by atoms with Crippen LogP contribution in [0.15, 0.2) is 12.4 Å². The average molecular weight is 114 g/mol. The Morgan fingerprint density at radius 2 is 1.75 bits per heavy atom. The molecule has 1 rings (SSSR count). The Labute approximate surface area is 44.5 Å². The lowest BCUT2D eigenvalue weighted by Gasteiger charge is -2.09. The van der Waals surface area contributed by atoms with Crippen LogP contribution in [-0.2, 0) is 0 Å². The largest absolute Gasteiger partial charge is 0.744 e. The van der Waals surface area contributed by atoms with Crippen molar-refractivity contribution in [2.45, 2.75) is 0 Å². The van der Waals surface area contributed by atoms with Crippen molar-refractivity contribution in [3.05, 3.63) is 28.4 Å². The first-order valence-electron chi connectivity index (χ1n) is 2.00. The highest BCUT2D eigenvalue weighted by molar-refractivity contribution is 4.70. The molecule has 0 saturated carbocycles.